The van der Waals surface area contributed by atoms with Crippen LogP contribution >= 0.6 is 11.8 Å². The molecule has 0 spiro atoms. The molecular weight excluding hydrogens is 262 g/mol. The number of hydrogen-bond acceptors (Lipinski definition) is 4. The van der Waals surface area contributed by atoms with Crippen molar-refractivity contribution in [3.63, 3.8) is 0 Å². The van der Waals surface area contributed by atoms with E-state index in [1.165, 1.54) is 25.7 Å². The molecule has 1 fully saturated rings. The molecule has 2 N–H and O–H groups in total. The summed E-state index contributed by atoms with van der Waals surface area (Å²) < 4.78 is 5.46. The summed E-state index contributed by atoms with van der Waals surface area (Å²) in [7, 11) is 0. The number of aryl methyl sites for hydroxylation is 1. The van der Waals surface area contributed by atoms with Crippen molar-refractivity contribution in [2.45, 2.75) is 50.4 Å². The van der Waals surface area contributed by atoms with E-state index in [-0.39, 0.29) is 5.56 Å². The second-order valence-electron chi connectivity index (χ2n) is 5.08. The number of rotatable bonds is 5. The van der Waals surface area contributed by atoms with Crippen LogP contribution in [-0.4, -0.2) is 28.6 Å². The van der Waals surface area contributed by atoms with Crippen LogP contribution in [0, 0.1) is 6.92 Å². The van der Waals surface area contributed by atoms with E-state index in [0.29, 0.717) is 24.1 Å². The minimum absolute atomic E-state index is 0.267. The van der Waals surface area contributed by atoms with E-state index in [1.807, 2.05) is 11.8 Å². The first-order chi connectivity index (χ1) is 9.10. The molecule has 5 heteroatoms. The van der Waals surface area contributed by atoms with Crippen molar-refractivity contribution < 1.29 is 14.3 Å². The van der Waals surface area contributed by atoms with Gasteiger partial charge in [0, 0.05) is 11.3 Å². The number of aromatic carboxylic acids is 1. The van der Waals surface area contributed by atoms with E-state index in [4.69, 9.17) is 9.52 Å². The number of carboxylic acids is 1. The van der Waals surface area contributed by atoms with Crippen LogP contribution in [0.25, 0.3) is 0 Å². The van der Waals surface area contributed by atoms with E-state index in [9.17, 15) is 4.79 Å². The lowest BCUT2D eigenvalue weighted by Gasteiger charge is -2.27. The highest BCUT2D eigenvalue weighted by Crippen LogP contribution is 2.27. The Kier molecular flexibility index (Phi) is 4.93. The van der Waals surface area contributed by atoms with Gasteiger partial charge in [0.05, 0.1) is 6.54 Å². The lowest BCUT2D eigenvalue weighted by Crippen LogP contribution is -2.33. The molecule has 1 heterocycles. The first kappa shape index (κ1) is 14.5. The SMILES string of the molecule is CSC1CCC(NCc2cc(C(=O)O)c(C)o2)CC1. The second kappa shape index (κ2) is 6.48. The minimum atomic E-state index is -0.923. The first-order valence-corrected chi connectivity index (χ1v) is 7.97. The maximum Gasteiger partial charge on any atom is 0.339 e. The van der Waals surface area contributed by atoms with Crippen LogP contribution in [0.3, 0.4) is 0 Å². The zero-order valence-electron chi connectivity index (χ0n) is 11.4. The molecule has 1 aromatic heterocycles. The standard InChI is InChI=1S/C14H21NO3S/c1-9-13(14(16)17)7-11(18-9)8-15-10-3-5-12(19-2)6-4-10/h7,10,12,15H,3-6,8H2,1-2H3,(H,16,17). The molecule has 1 saturated carbocycles. The van der Waals surface area contributed by atoms with Crippen LogP contribution in [0.5, 0.6) is 0 Å². The zero-order valence-corrected chi connectivity index (χ0v) is 12.3. The molecule has 0 atom stereocenters. The van der Waals surface area contributed by atoms with Gasteiger partial charge in [0.15, 0.2) is 0 Å². The molecule has 0 unspecified atom stereocenters. The quantitative estimate of drug-likeness (QED) is 0.869. The summed E-state index contributed by atoms with van der Waals surface area (Å²) in [5.41, 5.74) is 0.267. The van der Waals surface area contributed by atoms with Crippen LogP contribution in [0.15, 0.2) is 10.5 Å². The highest BCUT2D eigenvalue weighted by atomic mass is 32.2. The van der Waals surface area contributed by atoms with Crippen LogP contribution in [0.2, 0.25) is 0 Å². The van der Waals surface area contributed by atoms with Crippen molar-refractivity contribution in [2.75, 3.05) is 6.26 Å². The van der Waals surface area contributed by atoms with E-state index < -0.39 is 5.97 Å². The van der Waals surface area contributed by atoms with Crippen LogP contribution < -0.4 is 5.32 Å². The van der Waals surface area contributed by atoms with Gasteiger partial charge >= 0.3 is 5.97 Å². The molecule has 0 amide bonds. The van der Waals surface area contributed by atoms with Crippen molar-refractivity contribution in [3.05, 3.63) is 23.2 Å². The molecule has 0 bridgehead atoms. The summed E-state index contributed by atoms with van der Waals surface area (Å²) >= 11 is 1.96. The van der Waals surface area contributed by atoms with Gasteiger partial charge in [-0.3, -0.25) is 0 Å². The highest BCUT2D eigenvalue weighted by molar-refractivity contribution is 7.99. The molecule has 2 rings (SSSR count). The smallest absolute Gasteiger partial charge is 0.339 e. The third-order valence-electron chi connectivity index (χ3n) is 3.77. The Hall–Kier alpha value is -0.940. The first-order valence-electron chi connectivity index (χ1n) is 6.69. The molecule has 0 aliphatic heterocycles. The Morgan fingerprint density at radius 3 is 2.68 bits per heavy atom. The number of hydrogen-bond donors (Lipinski definition) is 2. The molecule has 4 nitrogen and oxygen atoms in total. The van der Waals surface area contributed by atoms with Crippen LogP contribution in [-0.2, 0) is 6.54 Å². The largest absolute Gasteiger partial charge is 0.478 e. The Labute approximate surface area is 117 Å². The van der Waals surface area contributed by atoms with Gasteiger partial charge in [-0.2, -0.15) is 11.8 Å². The summed E-state index contributed by atoms with van der Waals surface area (Å²) in [6, 6.07) is 2.15. The van der Waals surface area contributed by atoms with Crippen molar-refractivity contribution in [1.29, 1.82) is 0 Å². The van der Waals surface area contributed by atoms with Crippen molar-refractivity contribution >= 4 is 17.7 Å². The highest BCUT2D eigenvalue weighted by Gasteiger charge is 2.20. The fourth-order valence-corrected chi connectivity index (χ4v) is 3.33. The lowest BCUT2D eigenvalue weighted by molar-refractivity contribution is 0.0695. The number of nitrogens with one attached hydrogen (secondary N) is 1. The van der Waals surface area contributed by atoms with Crippen LogP contribution in [0.4, 0.5) is 0 Å². The Morgan fingerprint density at radius 2 is 2.16 bits per heavy atom. The molecule has 0 aromatic carbocycles. The van der Waals surface area contributed by atoms with Crippen LogP contribution in [0.1, 0.15) is 47.6 Å². The molecular formula is C14H21NO3S. The second-order valence-corrected chi connectivity index (χ2v) is 6.22. The summed E-state index contributed by atoms with van der Waals surface area (Å²) in [5.74, 6) is 0.269. The molecule has 0 radical (unpaired) electrons. The lowest BCUT2D eigenvalue weighted by atomic mass is 9.95. The molecule has 106 valence electrons. The van der Waals surface area contributed by atoms with Gasteiger partial charge in [-0.25, -0.2) is 4.79 Å². The van der Waals surface area contributed by atoms with Gasteiger partial charge in [-0.15, -0.1) is 0 Å². The van der Waals surface area contributed by atoms with Gasteiger partial charge in [0.2, 0.25) is 0 Å². The van der Waals surface area contributed by atoms with Gasteiger partial charge in [0.25, 0.3) is 0 Å². The predicted molar refractivity (Wildman–Crippen MR) is 76.8 cm³/mol. The van der Waals surface area contributed by atoms with E-state index in [2.05, 4.69) is 11.6 Å². The summed E-state index contributed by atoms with van der Waals surface area (Å²) in [4.78, 5) is 10.9. The molecule has 1 aliphatic rings. The normalized spacial score (nSPS) is 23.5. The van der Waals surface area contributed by atoms with Crippen molar-refractivity contribution in [3.8, 4) is 0 Å². The minimum Gasteiger partial charge on any atom is -0.478 e. The fourth-order valence-electron chi connectivity index (χ4n) is 2.59. The van der Waals surface area contributed by atoms with Crippen molar-refractivity contribution in [1.82, 2.24) is 5.32 Å². The Bertz CT molecular complexity index is 436. The van der Waals surface area contributed by atoms with E-state index in [1.54, 1.807) is 13.0 Å². The van der Waals surface area contributed by atoms with Crippen molar-refractivity contribution in [2.24, 2.45) is 0 Å². The zero-order chi connectivity index (χ0) is 13.8. The number of carbonyl (C=O) groups is 1. The molecule has 1 aliphatic carbocycles. The van der Waals surface area contributed by atoms with Gasteiger partial charge in [-0.1, -0.05) is 0 Å². The average Bonchev–Trinajstić information content (AvgIpc) is 2.78. The van der Waals surface area contributed by atoms with E-state index >= 15 is 0 Å². The molecule has 19 heavy (non-hydrogen) atoms. The predicted octanol–water partition coefficient (Wildman–Crippen LogP) is 3.05. The molecule has 0 saturated heterocycles. The molecule has 1 aromatic rings. The fraction of sp³-hybridized carbons (Fsp3) is 0.643. The Balaban J connectivity index is 1.83. The maximum absolute atomic E-state index is 10.9. The number of carboxylic acid groups (broad SMARTS) is 1. The van der Waals surface area contributed by atoms with E-state index in [0.717, 1.165) is 5.25 Å². The number of furan rings is 1. The monoisotopic (exact) mass is 283 g/mol. The summed E-state index contributed by atoms with van der Waals surface area (Å²) in [6.45, 7) is 2.30. The summed E-state index contributed by atoms with van der Waals surface area (Å²) in [5, 5.41) is 13.2. The average molecular weight is 283 g/mol. The number of thioether (sulfide) groups is 1. The van der Waals surface area contributed by atoms with Gasteiger partial charge < -0.3 is 14.8 Å². The summed E-state index contributed by atoms with van der Waals surface area (Å²) in [6.07, 6.45) is 7.08. The third-order valence-corrected chi connectivity index (χ3v) is 4.91. The Morgan fingerprint density at radius 1 is 1.47 bits per heavy atom. The third kappa shape index (κ3) is 3.76. The maximum atomic E-state index is 10.9. The van der Waals surface area contributed by atoms with Gasteiger partial charge in [0.1, 0.15) is 17.1 Å². The topological polar surface area (TPSA) is 62.5 Å². The van der Waals surface area contributed by atoms with Gasteiger partial charge in [-0.05, 0) is 44.9 Å².